The molecule has 0 aliphatic rings. The molecule has 4 aromatic carbocycles. The van der Waals surface area contributed by atoms with Crippen molar-refractivity contribution >= 4 is 23.8 Å². The zero-order chi connectivity index (χ0) is 43.0. The van der Waals surface area contributed by atoms with Crippen LogP contribution in [0.15, 0.2) is 91.0 Å². The molecule has 1 atom stereocenters. The molecule has 4 rings (SSSR count). The van der Waals surface area contributed by atoms with Crippen LogP contribution >= 0.6 is 0 Å². The Bertz CT molecular complexity index is 2140. The number of nitrogens with one attached hydrogen (secondary N) is 1. The van der Waals surface area contributed by atoms with E-state index in [0.717, 1.165) is 0 Å². The van der Waals surface area contributed by atoms with Gasteiger partial charge >= 0.3 is 17.9 Å². The van der Waals surface area contributed by atoms with Crippen molar-refractivity contribution in [3.63, 3.8) is 0 Å². The van der Waals surface area contributed by atoms with Crippen LogP contribution in [-0.4, -0.2) is 51.2 Å². The van der Waals surface area contributed by atoms with Gasteiger partial charge in [-0.05, 0) is 64.9 Å². The number of amides is 1. The Hall–Kier alpha value is -7.64. The number of carbonyl (C=O) groups is 4. The molecule has 310 valence electrons. The van der Waals surface area contributed by atoms with Crippen LogP contribution < -0.4 is 14.8 Å². The van der Waals surface area contributed by atoms with Crippen LogP contribution in [0.25, 0.3) is 0 Å². The van der Waals surface area contributed by atoms with Crippen LogP contribution in [-0.2, 0) is 83.9 Å². The van der Waals surface area contributed by atoms with Crippen LogP contribution in [0.2, 0.25) is 0 Å². The average Bonchev–Trinajstić information content (AvgIpc) is 3.18. The van der Waals surface area contributed by atoms with Gasteiger partial charge in [-0.2, -0.15) is 0 Å². The number of carbonyl (C=O) groups excluding carboxylic acids is 4. The minimum absolute atomic E-state index is 0.00511. The van der Waals surface area contributed by atoms with Crippen molar-refractivity contribution < 1.29 is 63.2 Å². The van der Waals surface area contributed by atoms with E-state index >= 15 is 0 Å². The highest BCUT2D eigenvalue weighted by molar-refractivity contribution is 5.89. The van der Waals surface area contributed by atoms with E-state index in [1.54, 1.807) is 67.6 Å². The van der Waals surface area contributed by atoms with E-state index in [0.29, 0.717) is 38.9 Å². The van der Waals surface area contributed by atoms with Gasteiger partial charge in [0.1, 0.15) is 25.4 Å². The molecule has 0 spiro atoms. The lowest BCUT2D eigenvalue weighted by atomic mass is 9.92. The lowest BCUT2D eigenvalue weighted by Gasteiger charge is -2.29. The third-order valence-electron chi connectivity index (χ3n) is 8.30. The molecule has 0 fully saturated rings. The molecule has 0 aliphatic heterocycles. The fraction of sp³-hybridized carbons (Fsp3) is 0.282. The van der Waals surface area contributed by atoms with Crippen LogP contribution in [0.5, 0.6) is 11.5 Å². The molecule has 1 N–H and O–H groups in total. The summed E-state index contributed by atoms with van der Waals surface area (Å²) in [6.45, 7) is 2.20. The first kappa shape index (κ1) is 44.1. The smallest absolute Gasteiger partial charge is 0.331 e. The van der Waals surface area contributed by atoms with Crippen molar-refractivity contribution in [2.45, 2.75) is 64.9 Å². The molecule has 0 aliphatic carbocycles. The Morgan fingerprint density at radius 2 is 0.932 bits per heavy atom. The lowest BCUT2D eigenvalue weighted by molar-refractivity contribution is -0.763. The van der Waals surface area contributed by atoms with Crippen LogP contribution in [0.3, 0.4) is 0 Å². The molecular formula is C39H38N4O16. The highest BCUT2D eigenvalue weighted by Gasteiger charge is 2.37. The number of rotatable bonds is 22. The summed E-state index contributed by atoms with van der Waals surface area (Å²) in [5, 5.41) is 31.5. The van der Waals surface area contributed by atoms with Crippen molar-refractivity contribution in [2.75, 3.05) is 6.61 Å². The van der Waals surface area contributed by atoms with Crippen LogP contribution in [0.1, 0.15) is 52.8 Å². The monoisotopic (exact) mass is 818 g/mol. The minimum atomic E-state index is -1.65. The fourth-order valence-corrected chi connectivity index (χ4v) is 5.52. The normalized spacial score (nSPS) is 11.6. The van der Waals surface area contributed by atoms with Gasteiger partial charge < -0.3 is 34.0 Å². The topological polar surface area (TPSA) is 265 Å². The summed E-state index contributed by atoms with van der Waals surface area (Å²) in [6, 6.07) is 22.9. The Kier molecular flexibility index (Phi) is 15.7. The van der Waals surface area contributed by atoms with Gasteiger partial charge in [-0.25, -0.2) is 4.79 Å². The van der Waals surface area contributed by atoms with Gasteiger partial charge in [-0.15, -0.1) is 30.3 Å². The van der Waals surface area contributed by atoms with E-state index in [2.05, 4.69) is 19.8 Å². The lowest BCUT2D eigenvalue weighted by Crippen LogP contribution is -2.55. The molecule has 20 nitrogen and oxygen atoms in total. The SMILES string of the molecule is CCOC(=O)C(C)(Cc1ccc(OC(=O)Cc2ccc(CO[N+](=O)[O-])cc2)c(OC(=O)Cc2ccc(CO[N+](=O)[O-])cc2)c1)NC(=O)Cc1ccc(CO[N+](=O)[O-])cc1. The standard InChI is InChI=1S/C39H38N4O16/c1-3-54-38(47)39(2,40-35(44)19-26-4-10-29(11-5-26)23-55-41(48)49)22-32-16-17-33(58-36(45)20-27-6-12-30(13-7-27)24-56-42(50)51)34(18-32)59-37(46)21-28-8-14-31(15-9-28)25-57-43(52)53/h4-18H,3,19-25H2,1-2H3,(H,40,44). The molecule has 0 bridgehead atoms. The van der Waals surface area contributed by atoms with Crippen molar-refractivity contribution in [1.29, 1.82) is 0 Å². The van der Waals surface area contributed by atoms with Gasteiger partial charge in [0, 0.05) is 6.42 Å². The second-order valence-electron chi connectivity index (χ2n) is 13.0. The van der Waals surface area contributed by atoms with Crippen molar-refractivity contribution in [1.82, 2.24) is 5.32 Å². The van der Waals surface area contributed by atoms with E-state index in [-0.39, 0.29) is 63.6 Å². The summed E-state index contributed by atoms with van der Waals surface area (Å²) in [7, 11) is 0. The summed E-state index contributed by atoms with van der Waals surface area (Å²) in [5.74, 6) is -3.19. The molecule has 59 heavy (non-hydrogen) atoms. The van der Waals surface area contributed by atoms with Crippen molar-refractivity contribution in [2.24, 2.45) is 0 Å². The summed E-state index contributed by atoms with van der Waals surface area (Å²) in [6.07, 6.45) is -0.836. The predicted octanol–water partition coefficient (Wildman–Crippen LogP) is 4.33. The zero-order valence-corrected chi connectivity index (χ0v) is 31.7. The number of ether oxygens (including phenoxy) is 3. The van der Waals surface area contributed by atoms with Crippen LogP contribution in [0.4, 0.5) is 0 Å². The average molecular weight is 819 g/mol. The van der Waals surface area contributed by atoms with Crippen molar-refractivity contribution in [3.05, 3.63) is 160 Å². The maximum absolute atomic E-state index is 13.3. The predicted molar refractivity (Wildman–Crippen MR) is 200 cm³/mol. The molecule has 4 aromatic rings. The second kappa shape index (κ2) is 21.0. The number of hydrogen-bond donors (Lipinski definition) is 1. The highest BCUT2D eigenvalue weighted by Crippen LogP contribution is 2.31. The van der Waals surface area contributed by atoms with Gasteiger partial charge in [0.15, 0.2) is 11.5 Å². The Balaban J connectivity index is 1.55. The molecule has 0 radical (unpaired) electrons. The van der Waals surface area contributed by atoms with Gasteiger partial charge in [0.05, 0.1) is 25.9 Å². The summed E-state index contributed by atoms with van der Waals surface area (Å²) in [4.78, 5) is 97.5. The largest absolute Gasteiger partial charge is 0.464 e. The molecule has 1 amide bonds. The van der Waals surface area contributed by atoms with E-state index in [4.69, 9.17) is 14.2 Å². The van der Waals surface area contributed by atoms with Gasteiger partial charge in [-0.3, -0.25) is 14.4 Å². The Labute approximate surface area is 335 Å². The summed E-state index contributed by atoms with van der Waals surface area (Å²) in [5.41, 5.74) is 1.72. The van der Waals surface area contributed by atoms with Gasteiger partial charge in [-0.1, -0.05) is 78.9 Å². The maximum Gasteiger partial charge on any atom is 0.331 e. The molecule has 0 aromatic heterocycles. The second-order valence-corrected chi connectivity index (χ2v) is 13.0. The summed E-state index contributed by atoms with van der Waals surface area (Å²) < 4.78 is 16.6. The fourth-order valence-electron chi connectivity index (χ4n) is 5.52. The van der Waals surface area contributed by atoms with E-state index in [1.807, 2.05) is 0 Å². The third kappa shape index (κ3) is 14.7. The van der Waals surface area contributed by atoms with Gasteiger partial charge in [0.2, 0.25) is 5.91 Å². The first-order valence-corrected chi connectivity index (χ1v) is 17.7. The highest BCUT2D eigenvalue weighted by atomic mass is 17.0. The first-order chi connectivity index (χ1) is 28.1. The van der Waals surface area contributed by atoms with Crippen molar-refractivity contribution in [3.8, 4) is 11.5 Å². The van der Waals surface area contributed by atoms with E-state index < -0.39 is 44.6 Å². The number of hydrogen-bond acceptors (Lipinski definition) is 16. The molecule has 0 saturated heterocycles. The first-order valence-electron chi connectivity index (χ1n) is 17.7. The molecule has 1 unspecified atom stereocenters. The number of nitrogens with zero attached hydrogens (tertiary/aromatic N) is 3. The van der Waals surface area contributed by atoms with Crippen LogP contribution in [0, 0.1) is 30.3 Å². The maximum atomic E-state index is 13.3. The zero-order valence-electron chi connectivity index (χ0n) is 31.7. The third-order valence-corrected chi connectivity index (χ3v) is 8.30. The quantitative estimate of drug-likeness (QED) is 0.0500. The van der Waals surface area contributed by atoms with Gasteiger partial charge in [0.25, 0.3) is 15.3 Å². The number of benzene rings is 4. The molecule has 0 saturated carbocycles. The van der Waals surface area contributed by atoms with E-state index in [9.17, 15) is 49.5 Å². The molecular weight excluding hydrogens is 780 g/mol. The minimum Gasteiger partial charge on any atom is -0.464 e. The number of esters is 3. The molecule has 20 heteroatoms. The summed E-state index contributed by atoms with van der Waals surface area (Å²) >= 11 is 0. The van der Waals surface area contributed by atoms with E-state index in [1.165, 1.54) is 37.3 Å². The Morgan fingerprint density at radius 1 is 0.559 bits per heavy atom. The Morgan fingerprint density at radius 3 is 1.34 bits per heavy atom. The molecule has 0 heterocycles.